The molecule has 3 rings (SSSR count). The van der Waals surface area contributed by atoms with Gasteiger partial charge >= 0.3 is 0 Å². The highest BCUT2D eigenvalue weighted by Crippen LogP contribution is 2.37. The van der Waals surface area contributed by atoms with Crippen LogP contribution in [0.2, 0.25) is 5.02 Å². The van der Waals surface area contributed by atoms with Crippen molar-refractivity contribution >= 4 is 34.3 Å². The molecule has 2 aromatic rings. The summed E-state index contributed by atoms with van der Waals surface area (Å²) in [6.07, 6.45) is 2.57. The Balaban J connectivity index is 1.91. The topological polar surface area (TPSA) is 77.6 Å². The summed E-state index contributed by atoms with van der Waals surface area (Å²) in [6.45, 7) is 2.06. The standard InChI is InChI=1S/C19H20ClN3O2S/c1-19(5-6-26-18(21)23-19)13-7-12(8-15(10-13)25-2)9-17(24)16-4-3-14(20)11-22-16/h3-4,7-8,10-11H,5-6,9H2,1-2H3,(H2,21,23). The number of carbonyl (C=O) groups excluding carboxylic acids is 1. The number of nitrogens with two attached hydrogens (primary N) is 1. The van der Waals surface area contributed by atoms with Crippen LogP contribution in [0.25, 0.3) is 0 Å². The minimum absolute atomic E-state index is 0.0757. The van der Waals surface area contributed by atoms with Crippen LogP contribution >= 0.6 is 23.4 Å². The van der Waals surface area contributed by atoms with E-state index in [1.54, 1.807) is 31.0 Å². The SMILES string of the molecule is COc1cc(CC(=O)c2ccc(Cl)cn2)cc(C2(C)CCSC(N)=N2)c1. The van der Waals surface area contributed by atoms with Gasteiger partial charge in [-0.15, -0.1) is 0 Å². The lowest BCUT2D eigenvalue weighted by Crippen LogP contribution is -2.29. The smallest absolute Gasteiger partial charge is 0.185 e. The van der Waals surface area contributed by atoms with E-state index in [9.17, 15) is 4.79 Å². The molecule has 0 aliphatic carbocycles. The van der Waals surface area contributed by atoms with Gasteiger partial charge < -0.3 is 10.5 Å². The molecule has 5 nitrogen and oxygen atoms in total. The first-order chi connectivity index (χ1) is 12.4. The Morgan fingerprint density at radius 3 is 2.85 bits per heavy atom. The maximum Gasteiger partial charge on any atom is 0.185 e. The Labute approximate surface area is 162 Å². The third-order valence-electron chi connectivity index (χ3n) is 4.40. The van der Waals surface area contributed by atoms with Gasteiger partial charge in [0, 0.05) is 18.4 Å². The number of hydrogen-bond donors (Lipinski definition) is 1. The average Bonchev–Trinajstić information content (AvgIpc) is 2.61. The Morgan fingerprint density at radius 1 is 1.38 bits per heavy atom. The average molecular weight is 390 g/mol. The van der Waals surface area contributed by atoms with E-state index in [1.807, 2.05) is 18.2 Å². The van der Waals surface area contributed by atoms with Gasteiger partial charge in [0.15, 0.2) is 11.0 Å². The Morgan fingerprint density at radius 2 is 2.19 bits per heavy atom. The highest BCUT2D eigenvalue weighted by Gasteiger charge is 2.30. The van der Waals surface area contributed by atoms with Crippen molar-refractivity contribution in [1.82, 2.24) is 4.98 Å². The van der Waals surface area contributed by atoms with Crippen molar-refractivity contribution in [2.24, 2.45) is 10.7 Å². The molecule has 1 aromatic carbocycles. The van der Waals surface area contributed by atoms with Crippen molar-refractivity contribution in [3.63, 3.8) is 0 Å². The molecule has 26 heavy (non-hydrogen) atoms. The fraction of sp³-hybridized carbons (Fsp3) is 0.316. The molecule has 0 radical (unpaired) electrons. The van der Waals surface area contributed by atoms with E-state index >= 15 is 0 Å². The lowest BCUT2D eigenvalue weighted by atomic mass is 9.87. The number of ether oxygens (including phenoxy) is 1. The normalized spacial score (nSPS) is 19.7. The van der Waals surface area contributed by atoms with Crippen molar-refractivity contribution < 1.29 is 9.53 Å². The van der Waals surface area contributed by atoms with Crippen molar-refractivity contribution in [3.05, 3.63) is 58.4 Å². The monoisotopic (exact) mass is 389 g/mol. The van der Waals surface area contributed by atoms with Crippen LogP contribution in [0.3, 0.4) is 0 Å². The second-order valence-electron chi connectivity index (χ2n) is 6.35. The number of ketones is 1. The molecule has 0 saturated heterocycles. The number of benzene rings is 1. The van der Waals surface area contributed by atoms with E-state index in [0.717, 1.165) is 23.3 Å². The summed E-state index contributed by atoms with van der Waals surface area (Å²) in [5, 5.41) is 1.09. The Hall–Kier alpha value is -2.05. The van der Waals surface area contributed by atoms with Gasteiger partial charge in [-0.3, -0.25) is 14.8 Å². The van der Waals surface area contributed by atoms with Crippen LogP contribution < -0.4 is 10.5 Å². The van der Waals surface area contributed by atoms with Crippen LogP contribution in [0.5, 0.6) is 5.75 Å². The lowest BCUT2D eigenvalue weighted by Gasteiger charge is -2.30. The van der Waals surface area contributed by atoms with Gasteiger partial charge in [-0.05, 0) is 48.7 Å². The quantitative estimate of drug-likeness (QED) is 0.786. The second-order valence-corrected chi connectivity index (χ2v) is 7.91. The molecule has 1 unspecified atom stereocenters. The largest absolute Gasteiger partial charge is 0.497 e. The number of thioether (sulfide) groups is 1. The molecule has 0 amide bonds. The zero-order chi connectivity index (χ0) is 18.7. The number of aromatic nitrogens is 1. The summed E-state index contributed by atoms with van der Waals surface area (Å²) in [6, 6.07) is 9.13. The highest BCUT2D eigenvalue weighted by molar-refractivity contribution is 8.13. The van der Waals surface area contributed by atoms with E-state index in [-0.39, 0.29) is 12.2 Å². The first-order valence-corrected chi connectivity index (χ1v) is 9.57. The van der Waals surface area contributed by atoms with E-state index in [2.05, 4.69) is 16.9 Å². The van der Waals surface area contributed by atoms with E-state index in [0.29, 0.717) is 21.6 Å². The van der Waals surface area contributed by atoms with Gasteiger partial charge in [-0.1, -0.05) is 29.4 Å². The summed E-state index contributed by atoms with van der Waals surface area (Å²) in [5.41, 5.74) is 7.76. The number of nitrogens with zero attached hydrogens (tertiary/aromatic N) is 2. The van der Waals surface area contributed by atoms with Gasteiger partial charge in [0.25, 0.3) is 0 Å². The third kappa shape index (κ3) is 4.19. The van der Waals surface area contributed by atoms with Gasteiger partial charge in [-0.25, -0.2) is 0 Å². The zero-order valence-electron chi connectivity index (χ0n) is 14.7. The van der Waals surface area contributed by atoms with Crippen LogP contribution in [-0.2, 0) is 12.0 Å². The number of pyridine rings is 1. The first-order valence-electron chi connectivity index (χ1n) is 8.21. The van der Waals surface area contributed by atoms with Crippen LogP contribution in [0, 0.1) is 0 Å². The molecule has 0 bridgehead atoms. The minimum Gasteiger partial charge on any atom is -0.497 e. The van der Waals surface area contributed by atoms with Crippen LogP contribution in [0.15, 0.2) is 41.5 Å². The van der Waals surface area contributed by atoms with Gasteiger partial charge in [-0.2, -0.15) is 0 Å². The molecule has 1 atom stereocenters. The molecule has 0 spiro atoms. The number of aliphatic imine (C=N–C) groups is 1. The molecular weight excluding hydrogens is 370 g/mol. The van der Waals surface area contributed by atoms with E-state index in [4.69, 9.17) is 22.1 Å². The summed E-state index contributed by atoms with van der Waals surface area (Å²) in [5.74, 6) is 1.53. The summed E-state index contributed by atoms with van der Waals surface area (Å²) >= 11 is 7.40. The molecular formula is C19H20ClN3O2S. The number of hydrogen-bond acceptors (Lipinski definition) is 6. The van der Waals surface area contributed by atoms with Crippen molar-refractivity contribution in [2.45, 2.75) is 25.3 Å². The number of amidine groups is 1. The molecule has 1 aliphatic rings. The lowest BCUT2D eigenvalue weighted by molar-refractivity contribution is 0.0988. The fourth-order valence-corrected chi connectivity index (χ4v) is 3.99. The fourth-order valence-electron chi connectivity index (χ4n) is 2.90. The van der Waals surface area contributed by atoms with Crippen molar-refractivity contribution in [3.8, 4) is 5.75 Å². The van der Waals surface area contributed by atoms with Crippen LogP contribution in [0.1, 0.15) is 35.0 Å². The minimum atomic E-state index is -0.416. The van der Waals surface area contributed by atoms with Crippen molar-refractivity contribution in [1.29, 1.82) is 0 Å². The molecule has 2 N–H and O–H groups in total. The molecule has 0 saturated carbocycles. The third-order valence-corrected chi connectivity index (χ3v) is 5.42. The van der Waals surface area contributed by atoms with Crippen LogP contribution in [-0.4, -0.2) is 28.8 Å². The predicted octanol–water partition coefficient (Wildman–Crippen LogP) is 3.84. The summed E-state index contributed by atoms with van der Waals surface area (Å²) < 4.78 is 5.43. The van der Waals surface area contributed by atoms with Gasteiger partial charge in [0.2, 0.25) is 0 Å². The summed E-state index contributed by atoms with van der Waals surface area (Å²) in [4.78, 5) is 21.3. The number of Topliss-reactive ketones (excluding diaryl/α,β-unsaturated/α-hetero) is 1. The van der Waals surface area contributed by atoms with Crippen molar-refractivity contribution in [2.75, 3.05) is 12.9 Å². The van der Waals surface area contributed by atoms with E-state index < -0.39 is 5.54 Å². The number of rotatable bonds is 5. The number of carbonyl (C=O) groups is 1. The molecule has 2 heterocycles. The summed E-state index contributed by atoms with van der Waals surface area (Å²) in [7, 11) is 1.61. The molecule has 136 valence electrons. The zero-order valence-corrected chi connectivity index (χ0v) is 16.2. The highest BCUT2D eigenvalue weighted by atomic mass is 35.5. The molecule has 1 aromatic heterocycles. The first kappa shape index (κ1) is 18.7. The van der Waals surface area contributed by atoms with Gasteiger partial charge in [0.05, 0.1) is 17.7 Å². The van der Waals surface area contributed by atoms with Gasteiger partial charge in [0.1, 0.15) is 11.4 Å². The number of halogens is 1. The Bertz CT molecular complexity index is 854. The maximum absolute atomic E-state index is 12.5. The molecule has 7 heteroatoms. The van der Waals surface area contributed by atoms with Crippen LogP contribution in [0.4, 0.5) is 0 Å². The molecule has 1 aliphatic heterocycles. The Kier molecular flexibility index (Phi) is 5.53. The maximum atomic E-state index is 12.5. The second kappa shape index (κ2) is 7.68. The van der Waals surface area contributed by atoms with E-state index in [1.165, 1.54) is 6.20 Å². The molecule has 0 fully saturated rings. The predicted molar refractivity (Wildman–Crippen MR) is 106 cm³/mol. The number of methoxy groups -OCH3 is 1.